The van der Waals surface area contributed by atoms with Crippen LogP contribution in [0.3, 0.4) is 0 Å². The van der Waals surface area contributed by atoms with Gasteiger partial charge < -0.3 is 10.5 Å². The third-order valence-electron chi connectivity index (χ3n) is 2.66. The van der Waals surface area contributed by atoms with E-state index in [0.717, 1.165) is 0 Å². The zero-order valence-corrected chi connectivity index (χ0v) is 11.8. The van der Waals surface area contributed by atoms with E-state index in [1.54, 1.807) is 6.07 Å². The quantitative estimate of drug-likeness (QED) is 0.881. The number of hydrogen-bond acceptors (Lipinski definition) is 2. The van der Waals surface area contributed by atoms with Crippen LogP contribution in [0.25, 0.3) is 0 Å². The van der Waals surface area contributed by atoms with Crippen LogP contribution in [-0.4, -0.2) is 6.54 Å². The fraction of sp³-hybridized carbons (Fsp3) is 0.125. The molecule has 0 atom stereocenters. The SMILES string of the molecule is NCC#Cc1ccc(F)c(OCc2ccc(Cl)cc2F)c1. The Bertz CT molecular complexity index is 707. The third-order valence-corrected chi connectivity index (χ3v) is 2.90. The molecule has 0 saturated heterocycles. The summed E-state index contributed by atoms with van der Waals surface area (Å²) < 4.78 is 32.6. The molecular weight excluding hydrogens is 296 g/mol. The summed E-state index contributed by atoms with van der Waals surface area (Å²) in [6.45, 7) is 0.108. The van der Waals surface area contributed by atoms with E-state index in [1.807, 2.05) is 0 Å². The second kappa shape index (κ2) is 7.07. The smallest absolute Gasteiger partial charge is 0.165 e. The lowest BCUT2D eigenvalue weighted by Crippen LogP contribution is -2.00. The van der Waals surface area contributed by atoms with Gasteiger partial charge in [0.2, 0.25) is 0 Å². The maximum Gasteiger partial charge on any atom is 0.165 e. The number of nitrogens with two attached hydrogens (primary N) is 1. The summed E-state index contributed by atoms with van der Waals surface area (Å²) in [5.41, 5.74) is 6.14. The molecule has 21 heavy (non-hydrogen) atoms. The molecule has 0 amide bonds. The van der Waals surface area contributed by atoms with Crippen LogP contribution in [0.4, 0.5) is 8.78 Å². The van der Waals surface area contributed by atoms with E-state index in [2.05, 4.69) is 11.8 Å². The van der Waals surface area contributed by atoms with Crippen LogP contribution in [0.1, 0.15) is 11.1 Å². The van der Waals surface area contributed by atoms with Gasteiger partial charge in [0, 0.05) is 16.1 Å². The molecule has 0 aromatic heterocycles. The van der Waals surface area contributed by atoms with Crippen LogP contribution >= 0.6 is 11.6 Å². The summed E-state index contributed by atoms with van der Waals surface area (Å²) >= 11 is 5.66. The minimum absolute atomic E-state index is 0.00757. The van der Waals surface area contributed by atoms with E-state index < -0.39 is 11.6 Å². The maximum atomic E-state index is 13.6. The van der Waals surface area contributed by atoms with Crippen LogP contribution < -0.4 is 10.5 Å². The molecule has 0 unspecified atom stereocenters. The van der Waals surface area contributed by atoms with Crippen molar-refractivity contribution < 1.29 is 13.5 Å². The monoisotopic (exact) mass is 307 g/mol. The predicted molar refractivity (Wildman–Crippen MR) is 78.1 cm³/mol. The highest BCUT2D eigenvalue weighted by molar-refractivity contribution is 6.30. The number of ether oxygens (including phenoxy) is 1. The van der Waals surface area contributed by atoms with Crippen molar-refractivity contribution in [3.63, 3.8) is 0 Å². The Balaban J connectivity index is 2.15. The van der Waals surface area contributed by atoms with E-state index in [1.165, 1.54) is 30.3 Å². The van der Waals surface area contributed by atoms with Gasteiger partial charge >= 0.3 is 0 Å². The number of benzene rings is 2. The Labute approximate surface area is 126 Å². The summed E-state index contributed by atoms with van der Waals surface area (Å²) in [4.78, 5) is 0. The molecule has 2 aromatic carbocycles. The molecule has 0 aliphatic rings. The van der Waals surface area contributed by atoms with Crippen molar-refractivity contribution >= 4 is 11.6 Å². The molecule has 0 saturated carbocycles. The van der Waals surface area contributed by atoms with Gasteiger partial charge in [0.1, 0.15) is 12.4 Å². The molecule has 0 bridgehead atoms. The van der Waals surface area contributed by atoms with Crippen LogP contribution in [0, 0.1) is 23.5 Å². The third kappa shape index (κ3) is 4.19. The van der Waals surface area contributed by atoms with E-state index in [-0.39, 0.29) is 24.5 Å². The highest BCUT2D eigenvalue weighted by atomic mass is 35.5. The molecular formula is C16H12ClF2NO. The molecule has 5 heteroatoms. The Morgan fingerprint density at radius 1 is 1.10 bits per heavy atom. The molecule has 0 aliphatic carbocycles. The molecule has 2 rings (SSSR count). The van der Waals surface area contributed by atoms with E-state index in [4.69, 9.17) is 22.1 Å². The highest BCUT2D eigenvalue weighted by Gasteiger charge is 2.07. The van der Waals surface area contributed by atoms with Gasteiger partial charge in [-0.25, -0.2) is 8.78 Å². The number of rotatable bonds is 3. The maximum absolute atomic E-state index is 13.6. The lowest BCUT2D eigenvalue weighted by atomic mass is 10.2. The lowest BCUT2D eigenvalue weighted by molar-refractivity contribution is 0.284. The highest BCUT2D eigenvalue weighted by Crippen LogP contribution is 2.21. The van der Waals surface area contributed by atoms with Gasteiger partial charge in [-0.2, -0.15) is 0 Å². The van der Waals surface area contributed by atoms with Gasteiger partial charge in [0.15, 0.2) is 11.6 Å². The summed E-state index contributed by atoms with van der Waals surface area (Å²) in [6, 6.07) is 8.43. The first kappa shape index (κ1) is 15.3. The van der Waals surface area contributed by atoms with Crippen molar-refractivity contribution in [1.29, 1.82) is 0 Å². The van der Waals surface area contributed by atoms with Crippen molar-refractivity contribution in [1.82, 2.24) is 0 Å². The number of halogens is 3. The first-order chi connectivity index (χ1) is 10.1. The summed E-state index contributed by atoms with van der Waals surface area (Å²) in [6.07, 6.45) is 0. The fourth-order valence-corrected chi connectivity index (χ4v) is 1.80. The van der Waals surface area contributed by atoms with Gasteiger partial charge in [-0.3, -0.25) is 0 Å². The molecule has 0 aliphatic heterocycles. The zero-order valence-electron chi connectivity index (χ0n) is 11.0. The predicted octanol–water partition coefficient (Wildman–Crippen LogP) is 3.51. The first-order valence-corrected chi connectivity index (χ1v) is 6.53. The second-order valence-electron chi connectivity index (χ2n) is 4.18. The first-order valence-electron chi connectivity index (χ1n) is 6.15. The van der Waals surface area contributed by atoms with Crippen LogP contribution in [0.5, 0.6) is 5.75 Å². The minimum atomic E-state index is -0.539. The normalized spacial score (nSPS) is 9.90. The summed E-state index contributed by atoms with van der Waals surface area (Å²) in [7, 11) is 0. The average Bonchev–Trinajstić information content (AvgIpc) is 2.46. The molecule has 108 valence electrons. The van der Waals surface area contributed by atoms with Gasteiger partial charge in [0.25, 0.3) is 0 Å². The largest absolute Gasteiger partial charge is 0.486 e. The molecule has 0 fully saturated rings. The van der Waals surface area contributed by atoms with E-state index >= 15 is 0 Å². The van der Waals surface area contributed by atoms with E-state index in [0.29, 0.717) is 10.6 Å². The Morgan fingerprint density at radius 2 is 1.90 bits per heavy atom. The van der Waals surface area contributed by atoms with Crippen LogP contribution in [-0.2, 0) is 6.61 Å². The Hall–Kier alpha value is -2.09. The molecule has 0 radical (unpaired) electrons. The van der Waals surface area contributed by atoms with Gasteiger partial charge in [-0.15, -0.1) is 0 Å². The number of hydrogen-bond donors (Lipinski definition) is 1. The van der Waals surface area contributed by atoms with Crippen molar-refractivity contribution in [3.05, 3.63) is 64.2 Å². The van der Waals surface area contributed by atoms with Crippen LogP contribution in [0.15, 0.2) is 36.4 Å². The summed E-state index contributed by atoms with van der Waals surface area (Å²) in [5.74, 6) is 4.41. The van der Waals surface area contributed by atoms with E-state index in [9.17, 15) is 8.78 Å². The molecule has 0 spiro atoms. The standard InChI is InChI=1S/C16H12ClF2NO/c17-13-5-4-12(15(19)9-13)10-21-16-8-11(2-1-7-20)3-6-14(16)18/h3-6,8-9H,7,10,20H2. The van der Waals surface area contributed by atoms with Crippen molar-refractivity contribution in [2.24, 2.45) is 5.73 Å². The molecule has 2 N–H and O–H groups in total. The lowest BCUT2D eigenvalue weighted by Gasteiger charge is -2.08. The molecule has 0 heterocycles. The fourth-order valence-electron chi connectivity index (χ4n) is 1.64. The summed E-state index contributed by atoms with van der Waals surface area (Å²) in [5, 5.41) is 0.293. The van der Waals surface area contributed by atoms with Gasteiger partial charge in [0.05, 0.1) is 6.54 Å². The Morgan fingerprint density at radius 3 is 2.62 bits per heavy atom. The van der Waals surface area contributed by atoms with Crippen molar-refractivity contribution in [2.45, 2.75) is 6.61 Å². The average molecular weight is 308 g/mol. The topological polar surface area (TPSA) is 35.2 Å². The van der Waals surface area contributed by atoms with Gasteiger partial charge in [-0.05, 0) is 30.3 Å². The molecule has 2 aromatic rings. The van der Waals surface area contributed by atoms with Crippen molar-refractivity contribution in [2.75, 3.05) is 6.54 Å². The minimum Gasteiger partial charge on any atom is -0.486 e. The molecule has 2 nitrogen and oxygen atoms in total. The van der Waals surface area contributed by atoms with Gasteiger partial charge in [-0.1, -0.05) is 29.5 Å². The Kier molecular flexibility index (Phi) is 5.15. The zero-order chi connectivity index (χ0) is 15.2. The van der Waals surface area contributed by atoms with Crippen molar-refractivity contribution in [3.8, 4) is 17.6 Å². The second-order valence-corrected chi connectivity index (χ2v) is 4.61. The van der Waals surface area contributed by atoms with Crippen LogP contribution in [0.2, 0.25) is 5.02 Å².